The quantitative estimate of drug-likeness (QED) is 0.393. The van der Waals surface area contributed by atoms with Crippen LogP contribution in [0.25, 0.3) is 5.69 Å². The molecule has 0 aliphatic carbocycles. The second-order valence-corrected chi connectivity index (χ2v) is 6.13. The monoisotopic (exact) mass is 356 g/mol. The molecule has 0 amide bonds. The Kier molecular flexibility index (Phi) is 7.14. The maximum Gasteiger partial charge on any atom is 0.335 e. The summed E-state index contributed by atoms with van der Waals surface area (Å²) in [7, 11) is 0. The standard InChI is InChI=1S/C20H24N2O4/c1-16(2)19(24)26-15-9-4-3-8-13-21-14-12-18(23)22(20(21)25)17-10-6-5-7-11-17/h5-7,10-12,14H,1,3-4,8-9,13,15H2,2H3. The summed E-state index contributed by atoms with van der Waals surface area (Å²) in [5.74, 6) is -0.361. The molecule has 1 heterocycles. The van der Waals surface area contributed by atoms with Gasteiger partial charge in [-0.05, 0) is 38.3 Å². The van der Waals surface area contributed by atoms with Crippen molar-refractivity contribution in [1.82, 2.24) is 9.13 Å². The van der Waals surface area contributed by atoms with Gasteiger partial charge in [0, 0.05) is 24.4 Å². The molecule has 0 atom stereocenters. The number of carbonyl (C=O) groups excluding carboxylic acids is 1. The van der Waals surface area contributed by atoms with E-state index in [9.17, 15) is 14.4 Å². The minimum atomic E-state index is -0.361. The lowest BCUT2D eigenvalue weighted by atomic mass is 10.2. The number of hydrogen-bond donors (Lipinski definition) is 0. The Bertz CT molecular complexity index is 865. The van der Waals surface area contributed by atoms with E-state index in [0.29, 0.717) is 24.4 Å². The van der Waals surface area contributed by atoms with E-state index in [0.717, 1.165) is 25.7 Å². The van der Waals surface area contributed by atoms with Crippen LogP contribution in [0.2, 0.25) is 0 Å². The maximum absolute atomic E-state index is 12.6. The van der Waals surface area contributed by atoms with Gasteiger partial charge in [0.2, 0.25) is 0 Å². The van der Waals surface area contributed by atoms with Gasteiger partial charge in [0.1, 0.15) is 0 Å². The molecule has 26 heavy (non-hydrogen) atoms. The van der Waals surface area contributed by atoms with E-state index in [-0.39, 0.29) is 17.2 Å². The zero-order valence-electron chi connectivity index (χ0n) is 15.0. The lowest BCUT2D eigenvalue weighted by molar-refractivity contribution is -0.139. The molecule has 1 aromatic heterocycles. The first-order valence-corrected chi connectivity index (χ1v) is 8.71. The second kappa shape index (κ2) is 9.56. The summed E-state index contributed by atoms with van der Waals surface area (Å²) >= 11 is 0. The molecule has 0 radical (unpaired) electrons. The summed E-state index contributed by atoms with van der Waals surface area (Å²) in [5, 5.41) is 0. The number of rotatable bonds is 9. The van der Waals surface area contributed by atoms with E-state index >= 15 is 0 Å². The molecule has 0 fully saturated rings. The van der Waals surface area contributed by atoms with Crippen LogP contribution in [0.4, 0.5) is 0 Å². The van der Waals surface area contributed by atoms with Crippen molar-refractivity contribution >= 4 is 5.97 Å². The molecule has 0 saturated carbocycles. The molecule has 0 N–H and O–H groups in total. The van der Waals surface area contributed by atoms with E-state index in [1.165, 1.54) is 10.6 Å². The van der Waals surface area contributed by atoms with Crippen molar-refractivity contribution in [3.05, 3.63) is 75.6 Å². The van der Waals surface area contributed by atoms with Crippen LogP contribution in [-0.4, -0.2) is 21.7 Å². The highest BCUT2D eigenvalue weighted by atomic mass is 16.5. The van der Waals surface area contributed by atoms with E-state index in [4.69, 9.17) is 4.74 Å². The summed E-state index contributed by atoms with van der Waals surface area (Å²) in [5.41, 5.74) is 0.296. The summed E-state index contributed by atoms with van der Waals surface area (Å²) < 4.78 is 7.76. The molecule has 0 aliphatic heterocycles. The minimum Gasteiger partial charge on any atom is -0.462 e. The Morgan fingerprint density at radius 3 is 2.42 bits per heavy atom. The van der Waals surface area contributed by atoms with Gasteiger partial charge in [-0.25, -0.2) is 14.2 Å². The average Bonchev–Trinajstić information content (AvgIpc) is 2.63. The average molecular weight is 356 g/mol. The number of benzene rings is 1. The van der Waals surface area contributed by atoms with Crippen molar-refractivity contribution < 1.29 is 9.53 Å². The SMILES string of the molecule is C=C(C)C(=O)OCCCCCCn1ccc(=O)n(-c2ccccc2)c1=O. The largest absolute Gasteiger partial charge is 0.462 e. The van der Waals surface area contributed by atoms with Crippen molar-refractivity contribution in [1.29, 1.82) is 0 Å². The van der Waals surface area contributed by atoms with E-state index in [1.54, 1.807) is 42.0 Å². The van der Waals surface area contributed by atoms with E-state index in [2.05, 4.69) is 6.58 Å². The zero-order chi connectivity index (χ0) is 18.9. The Morgan fingerprint density at radius 1 is 1.04 bits per heavy atom. The highest BCUT2D eigenvalue weighted by molar-refractivity contribution is 5.86. The third-order valence-electron chi connectivity index (χ3n) is 3.94. The number of nitrogens with zero attached hydrogens (tertiary/aromatic N) is 2. The number of hydrogen-bond acceptors (Lipinski definition) is 4. The Hall–Kier alpha value is -2.89. The summed E-state index contributed by atoms with van der Waals surface area (Å²) in [4.78, 5) is 35.8. The van der Waals surface area contributed by atoms with E-state index in [1.807, 2.05) is 6.07 Å². The molecule has 0 aliphatic rings. The molecule has 6 nitrogen and oxygen atoms in total. The smallest absolute Gasteiger partial charge is 0.335 e. The highest BCUT2D eigenvalue weighted by Gasteiger charge is 2.07. The van der Waals surface area contributed by atoms with Gasteiger partial charge >= 0.3 is 11.7 Å². The van der Waals surface area contributed by atoms with Crippen LogP contribution in [0.3, 0.4) is 0 Å². The molecule has 0 bridgehead atoms. The summed E-state index contributed by atoms with van der Waals surface area (Å²) in [6.45, 7) is 6.07. The molecular weight excluding hydrogens is 332 g/mol. The molecule has 6 heteroatoms. The second-order valence-electron chi connectivity index (χ2n) is 6.13. The van der Waals surface area contributed by atoms with Crippen LogP contribution in [0.1, 0.15) is 32.6 Å². The fourth-order valence-electron chi connectivity index (χ4n) is 2.53. The predicted molar refractivity (Wildman–Crippen MR) is 101 cm³/mol. The first-order valence-electron chi connectivity index (χ1n) is 8.71. The Labute approximate surface area is 152 Å². The van der Waals surface area contributed by atoms with Crippen LogP contribution in [0, 0.1) is 0 Å². The predicted octanol–water partition coefficient (Wildman–Crippen LogP) is 2.68. The lowest BCUT2D eigenvalue weighted by Gasteiger charge is -2.10. The minimum absolute atomic E-state index is 0.334. The van der Waals surface area contributed by atoms with Crippen molar-refractivity contribution in [2.24, 2.45) is 0 Å². The van der Waals surface area contributed by atoms with Gasteiger partial charge in [-0.1, -0.05) is 31.2 Å². The van der Waals surface area contributed by atoms with Crippen LogP contribution < -0.4 is 11.2 Å². The van der Waals surface area contributed by atoms with Gasteiger partial charge < -0.3 is 9.30 Å². The van der Waals surface area contributed by atoms with E-state index < -0.39 is 0 Å². The highest BCUT2D eigenvalue weighted by Crippen LogP contribution is 2.04. The Balaban J connectivity index is 1.86. The van der Waals surface area contributed by atoms with Gasteiger partial charge in [-0.2, -0.15) is 0 Å². The van der Waals surface area contributed by atoms with Crippen LogP contribution >= 0.6 is 0 Å². The maximum atomic E-state index is 12.6. The van der Waals surface area contributed by atoms with Crippen LogP contribution in [-0.2, 0) is 16.1 Å². The summed E-state index contributed by atoms with van der Waals surface area (Å²) in [6.07, 6.45) is 4.93. The van der Waals surface area contributed by atoms with Gasteiger partial charge in [0.15, 0.2) is 0 Å². The molecule has 0 saturated heterocycles. The number of esters is 1. The number of para-hydroxylation sites is 1. The number of aryl methyl sites for hydroxylation is 1. The molecule has 0 unspecified atom stereocenters. The number of unbranched alkanes of at least 4 members (excludes halogenated alkanes) is 3. The van der Waals surface area contributed by atoms with Crippen molar-refractivity contribution in [2.75, 3.05) is 6.61 Å². The molecule has 2 aromatic rings. The fraction of sp³-hybridized carbons (Fsp3) is 0.350. The third kappa shape index (κ3) is 5.31. The number of ether oxygens (including phenoxy) is 1. The normalized spacial score (nSPS) is 10.5. The van der Waals surface area contributed by atoms with Gasteiger partial charge in [0.25, 0.3) is 5.56 Å². The summed E-state index contributed by atoms with van der Waals surface area (Å²) in [6, 6.07) is 10.3. The number of aromatic nitrogens is 2. The lowest BCUT2D eigenvalue weighted by Crippen LogP contribution is -2.37. The number of carbonyl (C=O) groups is 1. The van der Waals surface area contributed by atoms with Gasteiger partial charge in [-0.3, -0.25) is 4.79 Å². The fourth-order valence-corrected chi connectivity index (χ4v) is 2.53. The first kappa shape index (κ1) is 19.4. The zero-order valence-corrected chi connectivity index (χ0v) is 15.0. The van der Waals surface area contributed by atoms with Crippen molar-refractivity contribution in [3.63, 3.8) is 0 Å². The molecule has 1 aromatic carbocycles. The third-order valence-corrected chi connectivity index (χ3v) is 3.94. The van der Waals surface area contributed by atoms with Crippen molar-refractivity contribution in [3.8, 4) is 5.69 Å². The topological polar surface area (TPSA) is 70.3 Å². The van der Waals surface area contributed by atoms with Gasteiger partial charge in [0.05, 0.1) is 12.3 Å². The van der Waals surface area contributed by atoms with Crippen LogP contribution in [0.5, 0.6) is 0 Å². The first-order chi connectivity index (χ1) is 12.5. The van der Waals surface area contributed by atoms with Crippen LogP contribution in [0.15, 0.2) is 64.3 Å². The Morgan fingerprint density at radius 2 is 1.73 bits per heavy atom. The molecular formula is C20H24N2O4. The molecule has 0 spiro atoms. The van der Waals surface area contributed by atoms with Gasteiger partial charge in [-0.15, -0.1) is 0 Å². The molecule has 2 rings (SSSR count). The van der Waals surface area contributed by atoms with Crippen molar-refractivity contribution in [2.45, 2.75) is 39.2 Å². The molecule has 138 valence electrons.